The van der Waals surface area contributed by atoms with Gasteiger partial charge in [-0.15, -0.1) is 0 Å². The van der Waals surface area contributed by atoms with Crippen molar-refractivity contribution in [3.63, 3.8) is 0 Å². The summed E-state index contributed by atoms with van der Waals surface area (Å²) in [6.45, 7) is 0. The van der Waals surface area contributed by atoms with Crippen LogP contribution in [0.25, 0.3) is 6.08 Å². The van der Waals surface area contributed by atoms with Crippen molar-refractivity contribution in [3.8, 4) is 5.75 Å². The van der Waals surface area contributed by atoms with Gasteiger partial charge in [0.05, 0.1) is 5.56 Å². The molecule has 0 atom stereocenters. The van der Waals surface area contributed by atoms with Crippen LogP contribution in [0.2, 0.25) is 0 Å². The quantitative estimate of drug-likeness (QED) is 0.284. The normalized spacial score (nSPS) is 10.7. The second-order valence-corrected chi connectivity index (χ2v) is 5.53. The Kier molecular flexibility index (Phi) is 5.34. The zero-order valence-electron chi connectivity index (χ0n) is 13.8. The van der Waals surface area contributed by atoms with Crippen molar-refractivity contribution in [2.75, 3.05) is 0 Å². The molecule has 4 heteroatoms. The highest BCUT2D eigenvalue weighted by Crippen LogP contribution is 2.16. The van der Waals surface area contributed by atoms with Crippen molar-refractivity contribution in [3.05, 3.63) is 107 Å². The van der Waals surface area contributed by atoms with Crippen molar-refractivity contribution >= 4 is 17.8 Å². The summed E-state index contributed by atoms with van der Waals surface area (Å²) in [5, 5.41) is 0. The molecule has 0 aliphatic carbocycles. The van der Waals surface area contributed by atoms with E-state index in [1.807, 2.05) is 30.3 Å². The van der Waals surface area contributed by atoms with Gasteiger partial charge in [-0.2, -0.15) is 0 Å². The van der Waals surface area contributed by atoms with Gasteiger partial charge in [-0.1, -0.05) is 36.4 Å². The lowest BCUT2D eigenvalue weighted by Crippen LogP contribution is -2.08. The topological polar surface area (TPSA) is 43.4 Å². The van der Waals surface area contributed by atoms with Crippen molar-refractivity contribution in [2.24, 2.45) is 0 Å². The van der Waals surface area contributed by atoms with Gasteiger partial charge in [-0.3, -0.25) is 4.79 Å². The first-order chi connectivity index (χ1) is 12.6. The van der Waals surface area contributed by atoms with E-state index in [0.717, 1.165) is 5.56 Å². The molecule has 0 saturated carbocycles. The van der Waals surface area contributed by atoms with Crippen LogP contribution in [0.3, 0.4) is 0 Å². The summed E-state index contributed by atoms with van der Waals surface area (Å²) in [4.78, 5) is 24.2. The Hall–Kier alpha value is -3.53. The Morgan fingerprint density at radius 2 is 1.38 bits per heavy atom. The molecule has 3 rings (SSSR count). The lowest BCUT2D eigenvalue weighted by Gasteiger charge is -2.05. The minimum atomic E-state index is -0.590. The van der Waals surface area contributed by atoms with E-state index in [1.54, 1.807) is 30.3 Å². The van der Waals surface area contributed by atoms with Crippen molar-refractivity contribution in [1.82, 2.24) is 0 Å². The molecular formula is C22H15FO3. The van der Waals surface area contributed by atoms with Crippen molar-refractivity contribution in [1.29, 1.82) is 0 Å². The number of benzene rings is 3. The van der Waals surface area contributed by atoms with Gasteiger partial charge in [0.1, 0.15) is 11.6 Å². The van der Waals surface area contributed by atoms with Crippen LogP contribution in [0.15, 0.2) is 84.9 Å². The molecule has 0 radical (unpaired) electrons. The predicted molar refractivity (Wildman–Crippen MR) is 97.6 cm³/mol. The molecule has 0 fully saturated rings. The molecule has 0 aromatic heterocycles. The van der Waals surface area contributed by atoms with Crippen LogP contribution < -0.4 is 4.74 Å². The van der Waals surface area contributed by atoms with E-state index in [0.29, 0.717) is 11.3 Å². The number of hydrogen-bond acceptors (Lipinski definition) is 3. The van der Waals surface area contributed by atoms with Crippen LogP contribution >= 0.6 is 0 Å². The molecule has 0 bridgehead atoms. The first-order valence-electron chi connectivity index (χ1n) is 7.97. The van der Waals surface area contributed by atoms with E-state index >= 15 is 0 Å². The first kappa shape index (κ1) is 17.3. The third-order valence-corrected chi connectivity index (χ3v) is 3.66. The molecule has 0 saturated heterocycles. The Balaban J connectivity index is 1.64. The van der Waals surface area contributed by atoms with Crippen LogP contribution in [-0.2, 0) is 0 Å². The van der Waals surface area contributed by atoms with Gasteiger partial charge in [0.25, 0.3) is 0 Å². The maximum atomic E-state index is 12.9. The number of ether oxygens (including phenoxy) is 1. The van der Waals surface area contributed by atoms with Crippen LogP contribution in [0.1, 0.15) is 26.3 Å². The van der Waals surface area contributed by atoms with Gasteiger partial charge in [0.2, 0.25) is 0 Å². The summed E-state index contributed by atoms with van der Waals surface area (Å²) >= 11 is 0. The van der Waals surface area contributed by atoms with Crippen molar-refractivity contribution in [2.45, 2.75) is 0 Å². The standard InChI is InChI=1S/C22H15FO3/c23-19-11-7-18(8-12-19)22(25)26-20-13-9-17(10-14-20)21(24)15-6-16-4-2-1-3-5-16/h1-15H/b15-6+. The van der Waals surface area contributed by atoms with E-state index in [-0.39, 0.29) is 11.3 Å². The molecule has 0 unspecified atom stereocenters. The van der Waals surface area contributed by atoms with Gasteiger partial charge in [0, 0.05) is 5.56 Å². The lowest BCUT2D eigenvalue weighted by molar-refractivity contribution is 0.0734. The van der Waals surface area contributed by atoms with E-state index in [4.69, 9.17) is 4.74 Å². The van der Waals surface area contributed by atoms with E-state index < -0.39 is 11.8 Å². The molecule has 0 heterocycles. The summed E-state index contributed by atoms with van der Waals surface area (Å²) in [5.74, 6) is -0.853. The Labute approximate surface area is 150 Å². The smallest absolute Gasteiger partial charge is 0.343 e. The summed E-state index contributed by atoms with van der Waals surface area (Å²) in [7, 11) is 0. The maximum absolute atomic E-state index is 12.9. The molecule has 3 aromatic rings. The number of halogens is 1. The van der Waals surface area contributed by atoms with Gasteiger partial charge < -0.3 is 4.74 Å². The summed E-state index contributed by atoms with van der Waals surface area (Å²) < 4.78 is 18.1. The SMILES string of the molecule is O=C(/C=C/c1ccccc1)c1ccc(OC(=O)c2ccc(F)cc2)cc1. The van der Waals surface area contributed by atoms with Crippen molar-refractivity contribution < 1.29 is 18.7 Å². The van der Waals surface area contributed by atoms with E-state index in [2.05, 4.69) is 0 Å². The van der Waals surface area contributed by atoms with Crippen LogP contribution in [-0.4, -0.2) is 11.8 Å². The number of esters is 1. The molecular weight excluding hydrogens is 331 g/mol. The summed E-state index contributed by atoms with van der Waals surface area (Å²) in [6.07, 6.45) is 3.24. The monoisotopic (exact) mass is 346 g/mol. The highest BCUT2D eigenvalue weighted by molar-refractivity contribution is 6.06. The maximum Gasteiger partial charge on any atom is 0.343 e. The largest absolute Gasteiger partial charge is 0.423 e. The number of hydrogen-bond donors (Lipinski definition) is 0. The molecule has 0 spiro atoms. The van der Waals surface area contributed by atoms with E-state index in [1.165, 1.54) is 30.3 Å². The number of carbonyl (C=O) groups excluding carboxylic acids is 2. The number of carbonyl (C=O) groups is 2. The predicted octanol–water partition coefficient (Wildman–Crippen LogP) is 4.94. The minimum absolute atomic E-state index is 0.148. The number of rotatable bonds is 5. The zero-order valence-corrected chi connectivity index (χ0v) is 13.8. The van der Waals surface area contributed by atoms with Gasteiger partial charge in [-0.25, -0.2) is 9.18 Å². The summed E-state index contributed by atoms with van der Waals surface area (Å²) in [5.41, 5.74) is 1.67. The van der Waals surface area contributed by atoms with Gasteiger partial charge >= 0.3 is 5.97 Å². The minimum Gasteiger partial charge on any atom is -0.423 e. The third-order valence-electron chi connectivity index (χ3n) is 3.66. The van der Waals surface area contributed by atoms with Crippen LogP contribution in [0.5, 0.6) is 5.75 Å². The second kappa shape index (κ2) is 8.03. The first-order valence-corrected chi connectivity index (χ1v) is 7.97. The molecule has 128 valence electrons. The molecule has 0 N–H and O–H groups in total. The molecule has 0 aliphatic heterocycles. The zero-order chi connectivity index (χ0) is 18.4. The molecule has 3 aromatic carbocycles. The number of allylic oxidation sites excluding steroid dienone is 1. The van der Waals surface area contributed by atoms with Gasteiger partial charge in [-0.05, 0) is 60.2 Å². The Bertz CT molecular complexity index is 927. The summed E-state index contributed by atoms with van der Waals surface area (Å²) in [6, 6.07) is 20.9. The fourth-order valence-electron chi connectivity index (χ4n) is 2.27. The fraction of sp³-hybridized carbons (Fsp3) is 0. The molecule has 0 aliphatic rings. The third kappa shape index (κ3) is 4.51. The average molecular weight is 346 g/mol. The van der Waals surface area contributed by atoms with Gasteiger partial charge in [0.15, 0.2) is 5.78 Å². The molecule has 3 nitrogen and oxygen atoms in total. The van der Waals surface area contributed by atoms with E-state index in [9.17, 15) is 14.0 Å². The highest BCUT2D eigenvalue weighted by Gasteiger charge is 2.09. The Morgan fingerprint density at radius 1 is 0.769 bits per heavy atom. The van der Waals surface area contributed by atoms with Crippen LogP contribution in [0.4, 0.5) is 4.39 Å². The highest BCUT2D eigenvalue weighted by atomic mass is 19.1. The second-order valence-electron chi connectivity index (χ2n) is 5.53. The Morgan fingerprint density at radius 3 is 2.04 bits per heavy atom. The lowest BCUT2D eigenvalue weighted by atomic mass is 10.1. The molecule has 0 amide bonds. The molecule has 26 heavy (non-hydrogen) atoms. The van der Waals surface area contributed by atoms with Crippen LogP contribution in [0, 0.1) is 5.82 Å². The fourth-order valence-corrected chi connectivity index (χ4v) is 2.27. The number of ketones is 1. The average Bonchev–Trinajstić information content (AvgIpc) is 2.68.